The highest BCUT2D eigenvalue weighted by atomic mass is 15.6. The minimum Gasteiger partial charge on any atom is -0.310 e. The van der Waals surface area contributed by atoms with Crippen molar-refractivity contribution in [3.8, 4) is 0 Å². The van der Waals surface area contributed by atoms with Crippen LogP contribution in [0.4, 0.5) is 0 Å². The molecule has 90 valence electrons. The smallest absolute Gasteiger partial charge is 0.165 e. The predicted molar refractivity (Wildman–Crippen MR) is 61.9 cm³/mol. The average molecular weight is 223 g/mol. The molecule has 5 heteroatoms. The van der Waals surface area contributed by atoms with E-state index in [1.807, 2.05) is 4.68 Å². The number of aromatic nitrogens is 4. The van der Waals surface area contributed by atoms with Crippen LogP contribution in [0.3, 0.4) is 0 Å². The van der Waals surface area contributed by atoms with Crippen molar-refractivity contribution in [3.05, 3.63) is 5.82 Å². The summed E-state index contributed by atoms with van der Waals surface area (Å²) in [6, 6.07) is 0.517. The van der Waals surface area contributed by atoms with Gasteiger partial charge >= 0.3 is 0 Å². The van der Waals surface area contributed by atoms with Gasteiger partial charge in [-0.15, -0.1) is 5.10 Å². The van der Waals surface area contributed by atoms with E-state index in [0.29, 0.717) is 6.04 Å². The van der Waals surface area contributed by atoms with Gasteiger partial charge in [-0.1, -0.05) is 13.8 Å². The lowest BCUT2D eigenvalue weighted by Gasteiger charge is -2.12. The van der Waals surface area contributed by atoms with E-state index in [9.17, 15) is 0 Å². The first kappa shape index (κ1) is 11.5. The van der Waals surface area contributed by atoms with Crippen LogP contribution in [0.5, 0.6) is 0 Å². The second-order valence-corrected chi connectivity index (χ2v) is 4.79. The topological polar surface area (TPSA) is 55.6 Å². The van der Waals surface area contributed by atoms with Gasteiger partial charge in [0, 0.05) is 0 Å². The lowest BCUT2D eigenvalue weighted by Crippen LogP contribution is -2.20. The molecular formula is C11H21N5. The molecule has 0 radical (unpaired) electrons. The van der Waals surface area contributed by atoms with Crippen LogP contribution < -0.4 is 5.32 Å². The van der Waals surface area contributed by atoms with Gasteiger partial charge in [0.05, 0.1) is 12.6 Å². The molecule has 1 heterocycles. The summed E-state index contributed by atoms with van der Waals surface area (Å²) in [4.78, 5) is 0. The molecule has 0 saturated heterocycles. The zero-order valence-corrected chi connectivity index (χ0v) is 10.2. The molecule has 0 aliphatic heterocycles. The molecule has 0 spiro atoms. The lowest BCUT2D eigenvalue weighted by atomic mass is 10.1. The minimum absolute atomic E-state index is 0.517. The number of nitrogens with zero attached hydrogens (tertiary/aromatic N) is 4. The normalized spacial score (nSPS) is 25.1. The van der Waals surface area contributed by atoms with Crippen LogP contribution in [0.1, 0.15) is 51.4 Å². The summed E-state index contributed by atoms with van der Waals surface area (Å²) in [5, 5.41) is 15.4. The molecule has 1 aromatic heterocycles. The van der Waals surface area contributed by atoms with E-state index in [0.717, 1.165) is 31.3 Å². The molecule has 5 nitrogen and oxygen atoms in total. The Labute approximate surface area is 96.6 Å². The first-order valence-corrected chi connectivity index (χ1v) is 6.28. The van der Waals surface area contributed by atoms with Crippen LogP contribution in [0.2, 0.25) is 0 Å². The van der Waals surface area contributed by atoms with Crippen molar-refractivity contribution in [1.29, 1.82) is 0 Å². The van der Waals surface area contributed by atoms with Gasteiger partial charge in [0.15, 0.2) is 5.82 Å². The molecule has 1 fully saturated rings. The number of tetrazole rings is 1. The molecule has 1 aromatic rings. The second-order valence-electron chi connectivity index (χ2n) is 4.79. The third kappa shape index (κ3) is 2.58. The van der Waals surface area contributed by atoms with Gasteiger partial charge in [0.1, 0.15) is 0 Å². The summed E-state index contributed by atoms with van der Waals surface area (Å²) in [5.74, 6) is 1.79. The SMILES string of the molecule is CCCNCc1nnnn1C1CCC(C)C1. The highest BCUT2D eigenvalue weighted by molar-refractivity contribution is 4.87. The molecule has 2 unspecified atom stereocenters. The Morgan fingerprint density at radius 3 is 3.00 bits per heavy atom. The highest BCUT2D eigenvalue weighted by Crippen LogP contribution is 2.33. The number of rotatable bonds is 5. The van der Waals surface area contributed by atoms with E-state index in [4.69, 9.17) is 0 Å². The van der Waals surface area contributed by atoms with Gasteiger partial charge in [0.2, 0.25) is 0 Å². The lowest BCUT2D eigenvalue weighted by molar-refractivity contribution is 0.418. The largest absolute Gasteiger partial charge is 0.310 e. The maximum Gasteiger partial charge on any atom is 0.165 e. The van der Waals surface area contributed by atoms with E-state index in [1.165, 1.54) is 19.3 Å². The average Bonchev–Trinajstić information content (AvgIpc) is 2.87. The highest BCUT2D eigenvalue weighted by Gasteiger charge is 2.25. The molecule has 1 aliphatic carbocycles. The third-order valence-corrected chi connectivity index (χ3v) is 3.28. The second kappa shape index (κ2) is 5.39. The fourth-order valence-electron chi connectivity index (χ4n) is 2.39. The Morgan fingerprint density at radius 2 is 2.31 bits per heavy atom. The first-order valence-electron chi connectivity index (χ1n) is 6.28. The Hall–Kier alpha value is -0.970. The van der Waals surface area contributed by atoms with E-state index < -0.39 is 0 Å². The fraction of sp³-hybridized carbons (Fsp3) is 0.909. The number of nitrogens with one attached hydrogen (secondary N) is 1. The van der Waals surface area contributed by atoms with Crippen LogP contribution in [0.15, 0.2) is 0 Å². The van der Waals surface area contributed by atoms with Gasteiger partial charge < -0.3 is 5.32 Å². The van der Waals surface area contributed by atoms with Crippen LogP contribution in [0.25, 0.3) is 0 Å². The Kier molecular flexibility index (Phi) is 3.88. The molecule has 2 atom stereocenters. The molecule has 1 saturated carbocycles. The van der Waals surface area contributed by atoms with Crippen molar-refractivity contribution in [2.24, 2.45) is 5.92 Å². The van der Waals surface area contributed by atoms with Gasteiger partial charge in [-0.2, -0.15) is 0 Å². The Morgan fingerprint density at radius 1 is 1.44 bits per heavy atom. The van der Waals surface area contributed by atoms with E-state index >= 15 is 0 Å². The van der Waals surface area contributed by atoms with Crippen molar-refractivity contribution >= 4 is 0 Å². The summed E-state index contributed by atoms with van der Waals surface area (Å²) in [5.41, 5.74) is 0. The Balaban J connectivity index is 1.96. The van der Waals surface area contributed by atoms with E-state index in [1.54, 1.807) is 0 Å². The van der Waals surface area contributed by atoms with E-state index in [2.05, 4.69) is 34.7 Å². The summed E-state index contributed by atoms with van der Waals surface area (Å²) in [6.07, 6.45) is 4.87. The standard InChI is InChI=1S/C11H21N5/c1-3-6-12-8-11-13-14-15-16(11)10-5-4-9(2)7-10/h9-10,12H,3-8H2,1-2H3. The Bertz CT molecular complexity index is 322. The van der Waals surface area contributed by atoms with Crippen molar-refractivity contribution in [1.82, 2.24) is 25.5 Å². The van der Waals surface area contributed by atoms with Gasteiger partial charge in [-0.05, 0) is 48.6 Å². The maximum atomic E-state index is 4.13. The van der Waals surface area contributed by atoms with Crippen LogP contribution >= 0.6 is 0 Å². The number of hydrogen-bond acceptors (Lipinski definition) is 4. The summed E-state index contributed by atoms with van der Waals surface area (Å²) >= 11 is 0. The summed E-state index contributed by atoms with van der Waals surface area (Å²) in [7, 11) is 0. The fourth-order valence-corrected chi connectivity index (χ4v) is 2.39. The molecule has 1 aliphatic rings. The maximum absolute atomic E-state index is 4.13. The summed E-state index contributed by atoms with van der Waals surface area (Å²) < 4.78 is 2.02. The van der Waals surface area contributed by atoms with Gasteiger partial charge in [-0.3, -0.25) is 0 Å². The van der Waals surface area contributed by atoms with Crippen LogP contribution in [-0.2, 0) is 6.54 Å². The first-order chi connectivity index (χ1) is 7.81. The van der Waals surface area contributed by atoms with Crippen molar-refractivity contribution in [2.45, 2.75) is 52.1 Å². The quantitative estimate of drug-likeness (QED) is 0.769. The molecular weight excluding hydrogens is 202 g/mol. The van der Waals surface area contributed by atoms with Crippen LogP contribution in [0, 0.1) is 5.92 Å². The molecule has 0 amide bonds. The van der Waals surface area contributed by atoms with Crippen molar-refractivity contribution in [2.75, 3.05) is 6.54 Å². The summed E-state index contributed by atoms with van der Waals surface area (Å²) in [6.45, 7) is 6.27. The van der Waals surface area contributed by atoms with Crippen LogP contribution in [-0.4, -0.2) is 26.8 Å². The molecule has 0 bridgehead atoms. The van der Waals surface area contributed by atoms with Crippen molar-refractivity contribution < 1.29 is 0 Å². The zero-order valence-electron chi connectivity index (χ0n) is 10.2. The van der Waals surface area contributed by atoms with E-state index in [-0.39, 0.29) is 0 Å². The molecule has 0 aromatic carbocycles. The molecule has 2 rings (SSSR count). The zero-order chi connectivity index (χ0) is 11.4. The van der Waals surface area contributed by atoms with Crippen molar-refractivity contribution in [3.63, 3.8) is 0 Å². The monoisotopic (exact) mass is 223 g/mol. The third-order valence-electron chi connectivity index (χ3n) is 3.28. The van der Waals surface area contributed by atoms with Gasteiger partial charge in [-0.25, -0.2) is 4.68 Å². The number of hydrogen-bond donors (Lipinski definition) is 1. The predicted octanol–water partition coefficient (Wildman–Crippen LogP) is 1.53. The minimum atomic E-state index is 0.517. The van der Waals surface area contributed by atoms with Gasteiger partial charge in [0.25, 0.3) is 0 Å². The molecule has 16 heavy (non-hydrogen) atoms. The molecule has 1 N–H and O–H groups in total.